The second-order valence-electron chi connectivity index (χ2n) is 3.76. The molecule has 1 aromatic heterocycles. The van der Waals surface area contributed by atoms with Gasteiger partial charge >= 0.3 is 0 Å². The number of aromatic nitrogens is 2. The van der Waals surface area contributed by atoms with Gasteiger partial charge in [0, 0.05) is 5.02 Å². The first kappa shape index (κ1) is 13.1. The summed E-state index contributed by atoms with van der Waals surface area (Å²) in [6.45, 7) is 3.58. The Morgan fingerprint density at radius 2 is 2.00 bits per heavy atom. The van der Waals surface area contributed by atoms with Gasteiger partial charge in [0.2, 0.25) is 5.88 Å². The molecule has 0 spiro atoms. The van der Waals surface area contributed by atoms with E-state index in [9.17, 15) is 0 Å². The summed E-state index contributed by atoms with van der Waals surface area (Å²) in [5.41, 5.74) is 6.48. The third-order valence-electron chi connectivity index (χ3n) is 2.35. The van der Waals surface area contributed by atoms with Crippen molar-refractivity contribution in [3.63, 3.8) is 0 Å². The van der Waals surface area contributed by atoms with Crippen LogP contribution in [0, 0.1) is 13.8 Å². The van der Waals surface area contributed by atoms with Gasteiger partial charge in [0.15, 0.2) is 0 Å². The molecule has 0 radical (unpaired) electrons. The van der Waals surface area contributed by atoms with E-state index >= 15 is 0 Å². The first-order valence-electron chi connectivity index (χ1n) is 5.21. The molecule has 18 heavy (non-hydrogen) atoms. The van der Waals surface area contributed by atoms with Gasteiger partial charge in [0.1, 0.15) is 17.4 Å². The fourth-order valence-corrected chi connectivity index (χ4v) is 2.15. The van der Waals surface area contributed by atoms with Crippen molar-refractivity contribution in [2.75, 3.05) is 5.73 Å². The molecular formula is C12H11BrClN3O. The summed E-state index contributed by atoms with van der Waals surface area (Å²) in [6, 6.07) is 5.26. The van der Waals surface area contributed by atoms with E-state index in [0.29, 0.717) is 33.9 Å². The fourth-order valence-electron chi connectivity index (χ4n) is 1.39. The van der Waals surface area contributed by atoms with Crippen molar-refractivity contribution in [3.05, 3.63) is 39.1 Å². The third-order valence-corrected chi connectivity index (χ3v) is 3.21. The number of benzene rings is 1. The zero-order chi connectivity index (χ0) is 13.3. The molecule has 2 N–H and O–H groups in total. The Kier molecular flexibility index (Phi) is 3.73. The van der Waals surface area contributed by atoms with Crippen molar-refractivity contribution in [1.29, 1.82) is 0 Å². The maximum atomic E-state index is 5.87. The van der Waals surface area contributed by atoms with Crippen LogP contribution in [0.25, 0.3) is 0 Å². The average molecular weight is 329 g/mol. The molecule has 0 bridgehead atoms. The summed E-state index contributed by atoms with van der Waals surface area (Å²) < 4.78 is 6.47. The molecule has 2 aromatic rings. The van der Waals surface area contributed by atoms with E-state index in [0.717, 1.165) is 4.47 Å². The zero-order valence-electron chi connectivity index (χ0n) is 9.87. The first-order valence-corrected chi connectivity index (χ1v) is 6.38. The van der Waals surface area contributed by atoms with Gasteiger partial charge in [-0.3, -0.25) is 0 Å². The van der Waals surface area contributed by atoms with Crippen molar-refractivity contribution in [3.8, 4) is 11.6 Å². The van der Waals surface area contributed by atoms with E-state index in [2.05, 4.69) is 25.9 Å². The Morgan fingerprint density at radius 1 is 1.28 bits per heavy atom. The van der Waals surface area contributed by atoms with Crippen LogP contribution in [0.4, 0.5) is 5.82 Å². The van der Waals surface area contributed by atoms with Crippen LogP contribution in [0.1, 0.15) is 11.4 Å². The van der Waals surface area contributed by atoms with Gasteiger partial charge in [-0.2, -0.15) is 4.98 Å². The lowest BCUT2D eigenvalue weighted by Crippen LogP contribution is -2.02. The number of aryl methyl sites for hydroxylation is 1. The number of rotatable bonds is 2. The summed E-state index contributed by atoms with van der Waals surface area (Å²) in [4.78, 5) is 8.29. The Balaban J connectivity index is 2.40. The minimum Gasteiger partial charge on any atom is -0.437 e. The highest BCUT2D eigenvalue weighted by molar-refractivity contribution is 9.10. The summed E-state index contributed by atoms with van der Waals surface area (Å²) in [5.74, 6) is 2.06. The van der Waals surface area contributed by atoms with Crippen LogP contribution in [0.2, 0.25) is 5.02 Å². The van der Waals surface area contributed by atoms with Crippen LogP contribution in [0.15, 0.2) is 22.7 Å². The van der Waals surface area contributed by atoms with E-state index in [-0.39, 0.29) is 0 Å². The van der Waals surface area contributed by atoms with E-state index in [1.54, 1.807) is 25.1 Å². The highest BCUT2D eigenvalue weighted by Crippen LogP contribution is 2.33. The van der Waals surface area contributed by atoms with Crippen LogP contribution in [-0.4, -0.2) is 9.97 Å². The quantitative estimate of drug-likeness (QED) is 0.908. The molecule has 6 heteroatoms. The summed E-state index contributed by atoms with van der Waals surface area (Å²) in [5, 5.41) is 0.629. The molecule has 0 amide bonds. The van der Waals surface area contributed by atoms with Crippen LogP contribution >= 0.6 is 27.5 Å². The number of nitrogens with two attached hydrogens (primary N) is 1. The van der Waals surface area contributed by atoms with E-state index < -0.39 is 0 Å². The Hall–Kier alpha value is -1.33. The van der Waals surface area contributed by atoms with Crippen LogP contribution < -0.4 is 10.5 Å². The molecule has 0 aliphatic rings. The topological polar surface area (TPSA) is 61.0 Å². The standard InChI is InChI=1S/C12H11BrClN3O/c1-6-11(15)16-7(2)17-12(6)18-10-4-3-8(14)5-9(10)13/h3-5H,1-2H3,(H2,15,16,17). The predicted octanol–water partition coefficient (Wildman–Crippen LogP) is 3.88. The largest absolute Gasteiger partial charge is 0.437 e. The number of hydrogen-bond donors (Lipinski definition) is 1. The Labute approximate surface area is 118 Å². The third kappa shape index (κ3) is 2.73. The molecule has 1 heterocycles. The van der Waals surface area contributed by atoms with Gasteiger partial charge in [-0.05, 0) is 48.0 Å². The lowest BCUT2D eigenvalue weighted by atomic mass is 10.3. The second kappa shape index (κ2) is 5.12. The van der Waals surface area contributed by atoms with Crippen molar-refractivity contribution in [2.45, 2.75) is 13.8 Å². The monoisotopic (exact) mass is 327 g/mol. The first-order chi connectivity index (χ1) is 8.47. The number of hydrogen-bond acceptors (Lipinski definition) is 4. The van der Waals surface area contributed by atoms with Gasteiger partial charge in [-0.1, -0.05) is 11.6 Å². The fraction of sp³-hybridized carbons (Fsp3) is 0.167. The molecule has 0 saturated heterocycles. The smallest absolute Gasteiger partial charge is 0.227 e. The average Bonchev–Trinajstić information content (AvgIpc) is 2.29. The molecule has 0 aliphatic heterocycles. The van der Waals surface area contributed by atoms with Gasteiger partial charge in [0.05, 0.1) is 10.0 Å². The van der Waals surface area contributed by atoms with Crippen LogP contribution in [0.5, 0.6) is 11.6 Å². The van der Waals surface area contributed by atoms with Crippen molar-refractivity contribution in [1.82, 2.24) is 9.97 Å². The molecule has 0 atom stereocenters. The summed E-state index contributed by atoms with van der Waals surface area (Å²) in [7, 11) is 0. The van der Waals surface area contributed by atoms with E-state index in [1.165, 1.54) is 0 Å². The molecular weight excluding hydrogens is 318 g/mol. The van der Waals surface area contributed by atoms with Crippen LogP contribution in [-0.2, 0) is 0 Å². The molecule has 4 nitrogen and oxygen atoms in total. The van der Waals surface area contributed by atoms with Crippen molar-refractivity contribution < 1.29 is 4.74 Å². The predicted molar refractivity (Wildman–Crippen MR) is 75.1 cm³/mol. The highest BCUT2D eigenvalue weighted by atomic mass is 79.9. The van der Waals surface area contributed by atoms with Gasteiger partial charge in [0.25, 0.3) is 0 Å². The second-order valence-corrected chi connectivity index (χ2v) is 5.05. The number of nitrogens with zero attached hydrogens (tertiary/aromatic N) is 2. The van der Waals surface area contributed by atoms with Crippen molar-refractivity contribution >= 4 is 33.3 Å². The van der Waals surface area contributed by atoms with E-state index in [1.807, 2.05) is 6.92 Å². The lowest BCUT2D eigenvalue weighted by molar-refractivity contribution is 0.453. The van der Waals surface area contributed by atoms with Gasteiger partial charge < -0.3 is 10.5 Å². The van der Waals surface area contributed by atoms with Crippen LogP contribution in [0.3, 0.4) is 0 Å². The van der Waals surface area contributed by atoms with E-state index in [4.69, 9.17) is 22.1 Å². The number of nitrogen functional groups attached to an aromatic ring is 1. The normalized spacial score (nSPS) is 10.4. The molecule has 0 aliphatic carbocycles. The maximum Gasteiger partial charge on any atom is 0.227 e. The SMILES string of the molecule is Cc1nc(N)c(C)c(Oc2ccc(Cl)cc2Br)n1. The van der Waals surface area contributed by atoms with Gasteiger partial charge in [-0.15, -0.1) is 0 Å². The summed E-state index contributed by atoms with van der Waals surface area (Å²) in [6.07, 6.45) is 0. The highest BCUT2D eigenvalue weighted by Gasteiger charge is 2.11. The molecule has 2 rings (SSSR count). The molecule has 0 fully saturated rings. The van der Waals surface area contributed by atoms with Crippen molar-refractivity contribution in [2.24, 2.45) is 0 Å². The number of ether oxygens (including phenoxy) is 1. The Bertz CT molecular complexity index is 604. The summed E-state index contributed by atoms with van der Waals surface area (Å²) >= 11 is 9.25. The lowest BCUT2D eigenvalue weighted by Gasteiger charge is -2.11. The number of anilines is 1. The molecule has 1 aromatic carbocycles. The minimum atomic E-state index is 0.419. The van der Waals surface area contributed by atoms with Gasteiger partial charge in [-0.25, -0.2) is 4.98 Å². The Morgan fingerprint density at radius 3 is 2.67 bits per heavy atom. The molecule has 0 saturated carbocycles. The molecule has 0 unspecified atom stereocenters. The minimum absolute atomic E-state index is 0.419. The maximum absolute atomic E-state index is 5.87. The number of halogens is 2. The molecule has 94 valence electrons. The zero-order valence-corrected chi connectivity index (χ0v) is 12.2.